The van der Waals surface area contributed by atoms with Gasteiger partial charge in [-0.3, -0.25) is 4.90 Å². The Morgan fingerprint density at radius 3 is 2.62 bits per heavy atom. The van der Waals surface area contributed by atoms with E-state index < -0.39 is 12.1 Å². The molecule has 0 fully saturated rings. The van der Waals surface area contributed by atoms with E-state index in [1.807, 2.05) is 0 Å². The molecular weight excluding hydrogens is 216 g/mol. The molecule has 16 heavy (non-hydrogen) atoms. The van der Waals surface area contributed by atoms with Gasteiger partial charge in [0.2, 0.25) is 5.69 Å². The van der Waals surface area contributed by atoms with Crippen LogP contribution in [0.5, 0.6) is 0 Å². The van der Waals surface area contributed by atoms with E-state index in [2.05, 4.69) is 0 Å². The van der Waals surface area contributed by atoms with Gasteiger partial charge in [-0.2, -0.15) is 4.73 Å². The van der Waals surface area contributed by atoms with E-state index in [0.717, 1.165) is 11.1 Å². The molecule has 2 heterocycles. The Morgan fingerprint density at radius 1 is 1.38 bits per heavy atom. The van der Waals surface area contributed by atoms with Gasteiger partial charge in [0.05, 0.1) is 6.54 Å². The number of pyridine rings is 1. The summed E-state index contributed by atoms with van der Waals surface area (Å²) in [5.74, 6) is -1.21. The van der Waals surface area contributed by atoms with E-state index >= 15 is 0 Å². The Kier molecular flexibility index (Phi) is 2.15. The number of fused-ring (bicyclic) bond motifs is 1. The average Bonchev–Trinajstić information content (AvgIpc) is 2.61. The van der Waals surface area contributed by atoms with Crippen molar-refractivity contribution in [3.8, 4) is 0 Å². The Bertz CT molecular complexity index is 485. The molecule has 2 rings (SSSR count). The third-order valence-corrected chi connectivity index (χ3v) is 2.44. The van der Waals surface area contributed by atoms with Crippen molar-refractivity contribution < 1.29 is 24.5 Å². The fourth-order valence-corrected chi connectivity index (χ4v) is 1.66. The van der Waals surface area contributed by atoms with Crippen LogP contribution in [0, 0.1) is 5.21 Å². The van der Waals surface area contributed by atoms with Gasteiger partial charge in [-0.15, -0.1) is 0 Å². The molecule has 0 saturated carbocycles. The first-order valence-electron chi connectivity index (χ1n) is 4.45. The summed E-state index contributed by atoms with van der Waals surface area (Å²) in [6.07, 6.45) is -0.194. The fourth-order valence-electron chi connectivity index (χ4n) is 1.66. The normalized spacial score (nSPS) is 13.6. The van der Waals surface area contributed by atoms with Crippen LogP contribution in [0.2, 0.25) is 0 Å². The number of carboxylic acids is 1. The quantitative estimate of drug-likeness (QED) is 0.516. The van der Waals surface area contributed by atoms with Gasteiger partial charge in [-0.1, -0.05) is 0 Å². The van der Waals surface area contributed by atoms with Crippen LogP contribution in [-0.2, 0) is 13.1 Å². The van der Waals surface area contributed by atoms with Gasteiger partial charge in [0.1, 0.15) is 12.1 Å². The minimum absolute atomic E-state index is 0.00589. The smallest absolute Gasteiger partial charge is 0.408 e. The van der Waals surface area contributed by atoms with Crippen LogP contribution in [0.25, 0.3) is 0 Å². The molecular formula is C9H8N2O5. The molecule has 1 amide bonds. The van der Waals surface area contributed by atoms with Crippen molar-refractivity contribution in [2.45, 2.75) is 13.1 Å². The standard InChI is InChI=1S/C9H8N2O5/c12-8(13)6-1-5-2-10(9(14)15)4-7(5)11(16)3-6/h1,3H,2,4H2,(H,12,13)(H,14,15). The number of aromatic carboxylic acids is 1. The molecule has 0 bridgehead atoms. The van der Waals surface area contributed by atoms with Crippen molar-refractivity contribution >= 4 is 12.1 Å². The summed E-state index contributed by atoms with van der Waals surface area (Å²) < 4.78 is 0.418. The lowest BCUT2D eigenvalue weighted by Gasteiger charge is -2.07. The largest absolute Gasteiger partial charge is 0.618 e. The van der Waals surface area contributed by atoms with Gasteiger partial charge in [0, 0.05) is 5.56 Å². The van der Waals surface area contributed by atoms with E-state index in [1.165, 1.54) is 6.07 Å². The fraction of sp³-hybridized carbons (Fsp3) is 0.222. The molecule has 0 saturated heterocycles. The van der Waals surface area contributed by atoms with Crippen LogP contribution < -0.4 is 4.73 Å². The van der Waals surface area contributed by atoms with Crippen molar-refractivity contribution in [3.63, 3.8) is 0 Å². The van der Waals surface area contributed by atoms with E-state index in [1.54, 1.807) is 0 Å². The number of amides is 1. The van der Waals surface area contributed by atoms with Gasteiger partial charge in [0.15, 0.2) is 6.20 Å². The van der Waals surface area contributed by atoms with Crippen molar-refractivity contribution in [2.24, 2.45) is 0 Å². The number of rotatable bonds is 1. The predicted octanol–water partition coefficient (Wildman–Crippen LogP) is 0.0118. The first-order valence-corrected chi connectivity index (χ1v) is 4.45. The zero-order valence-corrected chi connectivity index (χ0v) is 8.08. The van der Waals surface area contributed by atoms with E-state index in [9.17, 15) is 14.8 Å². The number of hydrogen-bond donors (Lipinski definition) is 2. The molecule has 0 atom stereocenters. The summed E-state index contributed by atoms with van der Waals surface area (Å²) in [6, 6.07) is 1.33. The van der Waals surface area contributed by atoms with E-state index in [-0.39, 0.29) is 24.3 Å². The molecule has 1 aromatic heterocycles. The maximum atomic E-state index is 11.4. The van der Waals surface area contributed by atoms with Crippen molar-refractivity contribution in [1.82, 2.24) is 4.90 Å². The van der Waals surface area contributed by atoms with Crippen LogP contribution >= 0.6 is 0 Å². The van der Waals surface area contributed by atoms with Gasteiger partial charge >= 0.3 is 12.1 Å². The maximum absolute atomic E-state index is 11.4. The lowest BCUT2D eigenvalue weighted by Crippen LogP contribution is -2.34. The van der Waals surface area contributed by atoms with Crippen molar-refractivity contribution in [2.75, 3.05) is 0 Å². The monoisotopic (exact) mass is 224 g/mol. The Hall–Kier alpha value is -2.31. The molecule has 84 valence electrons. The highest BCUT2D eigenvalue weighted by molar-refractivity contribution is 5.87. The second kappa shape index (κ2) is 3.37. The zero-order chi connectivity index (χ0) is 11.9. The SMILES string of the molecule is O=C(O)c1cc2c([n+]([O-])c1)CN(C(=O)O)C2. The summed E-state index contributed by atoms with van der Waals surface area (Å²) >= 11 is 0. The van der Waals surface area contributed by atoms with Crippen LogP contribution in [0.3, 0.4) is 0 Å². The predicted molar refractivity (Wildman–Crippen MR) is 49.6 cm³/mol. The minimum atomic E-state index is -1.21. The Morgan fingerprint density at radius 2 is 2.06 bits per heavy atom. The first kappa shape index (κ1) is 10.2. The molecule has 0 unspecified atom stereocenters. The highest BCUT2D eigenvalue weighted by Gasteiger charge is 2.30. The number of aromatic nitrogens is 1. The number of hydrogen-bond acceptors (Lipinski definition) is 3. The molecule has 1 aliphatic heterocycles. The molecule has 7 nitrogen and oxygen atoms in total. The number of carbonyl (C=O) groups is 2. The molecule has 1 aliphatic rings. The van der Waals surface area contributed by atoms with Crippen LogP contribution in [0.15, 0.2) is 12.3 Å². The van der Waals surface area contributed by atoms with Crippen LogP contribution in [0.1, 0.15) is 21.6 Å². The highest BCUT2D eigenvalue weighted by Crippen LogP contribution is 2.20. The summed E-state index contributed by atoms with van der Waals surface area (Å²) in [7, 11) is 0. The Balaban J connectivity index is 2.42. The molecule has 0 spiro atoms. The molecule has 7 heteroatoms. The van der Waals surface area contributed by atoms with Crippen LogP contribution in [0.4, 0.5) is 4.79 Å². The van der Waals surface area contributed by atoms with Crippen molar-refractivity contribution in [1.29, 1.82) is 0 Å². The van der Waals surface area contributed by atoms with E-state index in [4.69, 9.17) is 10.2 Å². The summed E-state index contributed by atoms with van der Waals surface area (Å²) in [5, 5.41) is 28.9. The first-order chi connectivity index (χ1) is 7.49. The molecule has 0 aromatic carbocycles. The second-order valence-electron chi connectivity index (χ2n) is 3.47. The van der Waals surface area contributed by atoms with Crippen LogP contribution in [-0.4, -0.2) is 27.2 Å². The Labute approximate surface area is 89.7 Å². The summed E-state index contributed by atoms with van der Waals surface area (Å²) in [5.41, 5.74) is 0.589. The summed E-state index contributed by atoms with van der Waals surface area (Å²) in [6.45, 7) is 0.0437. The zero-order valence-electron chi connectivity index (χ0n) is 8.08. The molecule has 2 N–H and O–H groups in total. The molecule has 0 aliphatic carbocycles. The average molecular weight is 224 g/mol. The third-order valence-electron chi connectivity index (χ3n) is 2.44. The molecule has 1 aromatic rings. The lowest BCUT2D eigenvalue weighted by atomic mass is 10.1. The van der Waals surface area contributed by atoms with E-state index in [0.29, 0.717) is 10.3 Å². The van der Waals surface area contributed by atoms with Gasteiger partial charge in [-0.25, -0.2) is 9.59 Å². The highest BCUT2D eigenvalue weighted by atomic mass is 16.5. The van der Waals surface area contributed by atoms with Gasteiger partial charge in [0.25, 0.3) is 0 Å². The van der Waals surface area contributed by atoms with Gasteiger partial charge < -0.3 is 15.4 Å². The third kappa shape index (κ3) is 1.52. The maximum Gasteiger partial charge on any atom is 0.408 e. The minimum Gasteiger partial charge on any atom is -0.618 e. The lowest BCUT2D eigenvalue weighted by molar-refractivity contribution is -0.614. The van der Waals surface area contributed by atoms with Crippen molar-refractivity contribution in [3.05, 3.63) is 34.3 Å². The number of carboxylic acid groups (broad SMARTS) is 2. The van der Waals surface area contributed by atoms with Gasteiger partial charge in [-0.05, 0) is 6.07 Å². The number of nitrogens with zero attached hydrogens (tertiary/aromatic N) is 2. The second-order valence-corrected chi connectivity index (χ2v) is 3.47. The topological polar surface area (TPSA) is 105 Å². The summed E-state index contributed by atoms with van der Waals surface area (Å²) in [4.78, 5) is 22.4. The molecule has 0 radical (unpaired) electrons.